The van der Waals surface area contributed by atoms with Crippen molar-refractivity contribution >= 4 is 28.5 Å². The molecule has 0 bridgehead atoms. The number of amides is 2. The Kier molecular flexibility index (Phi) is 7.95. The Hall–Kier alpha value is -4.47. The van der Waals surface area contributed by atoms with Gasteiger partial charge in [0.1, 0.15) is 35.4 Å². The molecule has 4 aromatic rings. The van der Waals surface area contributed by atoms with Crippen molar-refractivity contribution in [2.24, 2.45) is 0 Å². The minimum atomic E-state index is -1.16. The summed E-state index contributed by atoms with van der Waals surface area (Å²) in [7, 11) is 3.02. The molecule has 208 valence electrons. The standard InChI is InChI=1S/C30H32FN5O4/c1-19-12-13-21(16-24(19)31)36(28(37)18-35-26-11-7-6-10-25(26)33-34-35)29(30(38)32-20-8-4-5-9-20)23-15-14-22(39-2)17-27(23)40-3/h6-7,10-17,20,29H,4-5,8-9,18H2,1-3H3,(H,32,38)/t29-/m1/s1. The van der Waals surface area contributed by atoms with Gasteiger partial charge in [-0.25, -0.2) is 9.07 Å². The number of nitrogens with zero attached hydrogens (tertiary/aromatic N) is 4. The highest BCUT2D eigenvalue weighted by Gasteiger charge is 2.37. The fourth-order valence-corrected chi connectivity index (χ4v) is 5.20. The van der Waals surface area contributed by atoms with Crippen LogP contribution in [-0.2, 0) is 16.1 Å². The third-order valence-electron chi connectivity index (χ3n) is 7.35. The first-order valence-electron chi connectivity index (χ1n) is 13.3. The minimum absolute atomic E-state index is 0.00907. The van der Waals surface area contributed by atoms with E-state index in [2.05, 4.69) is 15.6 Å². The Morgan fingerprint density at radius 2 is 1.85 bits per heavy atom. The van der Waals surface area contributed by atoms with Crippen LogP contribution in [-0.4, -0.2) is 47.1 Å². The van der Waals surface area contributed by atoms with E-state index in [9.17, 15) is 14.0 Å². The molecule has 0 unspecified atom stereocenters. The van der Waals surface area contributed by atoms with Gasteiger partial charge in [0.15, 0.2) is 0 Å². The molecule has 1 aromatic heterocycles. The summed E-state index contributed by atoms with van der Waals surface area (Å²) >= 11 is 0. The third-order valence-corrected chi connectivity index (χ3v) is 7.35. The zero-order chi connectivity index (χ0) is 28.2. The van der Waals surface area contributed by atoms with E-state index in [-0.39, 0.29) is 24.2 Å². The van der Waals surface area contributed by atoms with Crippen LogP contribution >= 0.6 is 0 Å². The molecule has 1 aliphatic carbocycles. The number of carbonyl (C=O) groups excluding carboxylic acids is 2. The highest BCUT2D eigenvalue weighted by molar-refractivity contribution is 6.02. The number of hydrogen-bond donors (Lipinski definition) is 1. The van der Waals surface area contributed by atoms with Crippen molar-refractivity contribution in [3.63, 3.8) is 0 Å². The lowest BCUT2D eigenvalue weighted by atomic mass is 10.00. The molecule has 1 fully saturated rings. The molecule has 1 N–H and O–H groups in total. The Morgan fingerprint density at radius 3 is 2.58 bits per heavy atom. The fourth-order valence-electron chi connectivity index (χ4n) is 5.20. The first kappa shape index (κ1) is 27.1. The topological polar surface area (TPSA) is 98.6 Å². The van der Waals surface area contributed by atoms with E-state index in [1.165, 1.54) is 29.9 Å². The molecule has 10 heteroatoms. The number of aromatic nitrogens is 3. The molecule has 0 aliphatic heterocycles. The number of fused-ring (bicyclic) bond motifs is 1. The van der Waals surface area contributed by atoms with Crippen molar-refractivity contribution in [2.75, 3.05) is 19.1 Å². The summed E-state index contributed by atoms with van der Waals surface area (Å²) in [5.41, 5.74) is 2.40. The van der Waals surface area contributed by atoms with Crippen molar-refractivity contribution < 1.29 is 23.5 Å². The number of carbonyl (C=O) groups is 2. The number of anilines is 1. The van der Waals surface area contributed by atoms with Crippen molar-refractivity contribution in [3.8, 4) is 11.5 Å². The van der Waals surface area contributed by atoms with Gasteiger partial charge in [0.05, 0.1) is 19.7 Å². The van der Waals surface area contributed by atoms with Crippen LogP contribution in [0.1, 0.15) is 42.9 Å². The van der Waals surface area contributed by atoms with Gasteiger partial charge in [-0.1, -0.05) is 36.3 Å². The van der Waals surface area contributed by atoms with Gasteiger partial charge in [0.25, 0.3) is 0 Å². The summed E-state index contributed by atoms with van der Waals surface area (Å²) in [6, 6.07) is 15.7. The van der Waals surface area contributed by atoms with E-state index in [1.54, 1.807) is 43.3 Å². The normalized spacial score (nSPS) is 14.2. The molecule has 3 aromatic carbocycles. The van der Waals surface area contributed by atoms with Crippen LogP contribution in [0.25, 0.3) is 11.0 Å². The molecule has 9 nitrogen and oxygen atoms in total. The van der Waals surface area contributed by atoms with Crippen LogP contribution in [0, 0.1) is 12.7 Å². The second kappa shape index (κ2) is 11.7. The zero-order valence-electron chi connectivity index (χ0n) is 22.8. The van der Waals surface area contributed by atoms with E-state index >= 15 is 0 Å². The highest BCUT2D eigenvalue weighted by Crippen LogP contribution is 2.37. The Morgan fingerprint density at radius 1 is 1.07 bits per heavy atom. The van der Waals surface area contributed by atoms with Gasteiger partial charge in [-0.2, -0.15) is 0 Å². The fraction of sp³-hybridized carbons (Fsp3) is 0.333. The maximum atomic E-state index is 14.9. The molecule has 5 rings (SSSR count). The lowest BCUT2D eigenvalue weighted by molar-refractivity contribution is -0.127. The van der Waals surface area contributed by atoms with Crippen LogP contribution < -0.4 is 19.7 Å². The van der Waals surface area contributed by atoms with Crippen molar-refractivity contribution in [1.82, 2.24) is 20.3 Å². The second-order valence-corrected chi connectivity index (χ2v) is 9.93. The summed E-state index contributed by atoms with van der Waals surface area (Å²) < 4.78 is 27.4. The summed E-state index contributed by atoms with van der Waals surface area (Å²) in [4.78, 5) is 29.6. The van der Waals surface area contributed by atoms with Crippen molar-refractivity contribution in [1.29, 1.82) is 0 Å². The molecule has 0 saturated heterocycles. The lowest BCUT2D eigenvalue weighted by Gasteiger charge is -2.33. The molecule has 0 spiro atoms. The molecule has 1 atom stereocenters. The van der Waals surface area contributed by atoms with Gasteiger partial charge in [-0.15, -0.1) is 5.10 Å². The number of methoxy groups -OCH3 is 2. The van der Waals surface area contributed by atoms with Gasteiger partial charge >= 0.3 is 0 Å². The molecule has 40 heavy (non-hydrogen) atoms. The van der Waals surface area contributed by atoms with Gasteiger partial charge in [-0.3, -0.25) is 14.5 Å². The first-order valence-corrected chi connectivity index (χ1v) is 13.3. The molecule has 1 saturated carbocycles. The minimum Gasteiger partial charge on any atom is -0.497 e. The summed E-state index contributed by atoms with van der Waals surface area (Å²) in [5.74, 6) is -0.443. The Bertz CT molecular complexity index is 1530. The number of para-hydroxylation sites is 1. The van der Waals surface area contributed by atoms with Crippen LogP contribution in [0.15, 0.2) is 60.7 Å². The Balaban J connectivity index is 1.64. The zero-order valence-corrected chi connectivity index (χ0v) is 22.8. The van der Waals surface area contributed by atoms with Crippen LogP contribution in [0.5, 0.6) is 11.5 Å². The van der Waals surface area contributed by atoms with Crippen LogP contribution in [0.3, 0.4) is 0 Å². The number of halogens is 1. The van der Waals surface area contributed by atoms with Crippen LogP contribution in [0.4, 0.5) is 10.1 Å². The van der Waals surface area contributed by atoms with E-state index in [1.807, 2.05) is 18.2 Å². The number of ether oxygens (including phenoxy) is 2. The summed E-state index contributed by atoms with van der Waals surface area (Å²) in [6.45, 7) is 1.42. The summed E-state index contributed by atoms with van der Waals surface area (Å²) in [5, 5.41) is 11.4. The maximum absolute atomic E-state index is 14.9. The van der Waals surface area contributed by atoms with E-state index in [0.29, 0.717) is 33.7 Å². The molecule has 1 aliphatic rings. The van der Waals surface area contributed by atoms with E-state index < -0.39 is 17.8 Å². The number of benzene rings is 3. The molecule has 1 heterocycles. The smallest absolute Gasteiger partial charge is 0.249 e. The predicted octanol–water partition coefficient (Wildman–Crippen LogP) is 4.73. The molecular formula is C30H32FN5O4. The highest BCUT2D eigenvalue weighted by atomic mass is 19.1. The van der Waals surface area contributed by atoms with E-state index in [0.717, 1.165) is 25.7 Å². The van der Waals surface area contributed by atoms with Gasteiger partial charge in [0.2, 0.25) is 11.8 Å². The summed E-state index contributed by atoms with van der Waals surface area (Å²) in [6.07, 6.45) is 3.76. The quantitative estimate of drug-likeness (QED) is 0.327. The first-order chi connectivity index (χ1) is 19.4. The number of rotatable bonds is 9. The molecule has 0 radical (unpaired) electrons. The maximum Gasteiger partial charge on any atom is 0.249 e. The number of hydrogen-bond acceptors (Lipinski definition) is 6. The molecular weight excluding hydrogens is 513 g/mol. The predicted molar refractivity (Wildman–Crippen MR) is 149 cm³/mol. The SMILES string of the molecule is COc1ccc([C@H](C(=O)NC2CCCC2)N(C(=O)Cn2nnc3ccccc32)c2ccc(C)c(F)c2)c(OC)c1. The average molecular weight is 546 g/mol. The lowest BCUT2D eigenvalue weighted by Crippen LogP contribution is -2.47. The Labute approximate surface area is 231 Å². The largest absolute Gasteiger partial charge is 0.497 e. The molecule has 2 amide bonds. The van der Waals surface area contributed by atoms with Crippen molar-refractivity contribution in [2.45, 2.75) is 51.2 Å². The third kappa shape index (κ3) is 5.47. The van der Waals surface area contributed by atoms with E-state index in [4.69, 9.17) is 9.47 Å². The van der Waals surface area contributed by atoms with Crippen molar-refractivity contribution in [3.05, 3.63) is 77.6 Å². The monoisotopic (exact) mass is 545 g/mol. The number of aryl methyl sites for hydroxylation is 1. The van der Waals surface area contributed by atoms with Crippen LogP contribution in [0.2, 0.25) is 0 Å². The van der Waals surface area contributed by atoms with Gasteiger partial charge < -0.3 is 14.8 Å². The van der Waals surface area contributed by atoms with Gasteiger partial charge in [0, 0.05) is 23.4 Å². The average Bonchev–Trinajstić information content (AvgIpc) is 3.63. The number of nitrogens with one attached hydrogen (secondary N) is 1. The van der Waals surface area contributed by atoms with Gasteiger partial charge in [-0.05, 0) is 61.7 Å². The second-order valence-electron chi connectivity index (χ2n) is 9.93.